The van der Waals surface area contributed by atoms with E-state index in [4.69, 9.17) is 4.74 Å². The van der Waals surface area contributed by atoms with Gasteiger partial charge in [0.15, 0.2) is 0 Å². The molecule has 2 nitrogen and oxygen atoms in total. The van der Waals surface area contributed by atoms with Crippen LogP contribution in [0.5, 0.6) is 0 Å². The van der Waals surface area contributed by atoms with E-state index in [1.54, 1.807) is 0 Å². The summed E-state index contributed by atoms with van der Waals surface area (Å²) in [7, 11) is 0. The van der Waals surface area contributed by atoms with E-state index in [1.165, 1.54) is 16.5 Å². The third kappa shape index (κ3) is 2.55. The van der Waals surface area contributed by atoms with Crippen molar-refractivity contribution < 1.29 is 4.74 Å². The van der Waals surface area contributed by atoms with Crippen LogP contribution in [0, 0.1) is 0 Å². The maximum Gasteiger partial charge on any atom is 0.0741 e. The maximum absolute atomic E-state index is 5.71. The Morgan fingerprint density at radius 2 is 2.12 bits per heavy atom. The Labute approximate surface area is 111 Å². The van der Waals surface area contributed by atoms with Crippen LogP contribution in [0.3, 0.4) is 0 Å². The zero-order chi connectivity index (χ0) is 12.4. The molecule has 1 aromatic heterocycles. The first-order valence-electron chi connectivity index (χ1n) is 6.01. The van der Waals surface area contributed by atoms with Crippen LogP contribution < -0.4 is 0 Å². The minimum Gasteiger partial charge on any atom is -0.374 e. The normalized spacial score (nSPS) is 11.6. The van der Waals surface area contributed by atoms with Crippen LogP contribution in [0.15, 0.2) is 28.9 Å². The van der Waals surface area contributed by atoms with E-state index in [1.807, 2.05) is 0 Å². The van der Waals surface area contributed by atoms with Crippen LogP contribution in [0.4, 0.5) is 0 Å². The fourth-order valence-electron chi connectivity index (χ4n) is 2.02. The Morgan fingerprint density at radius 3 is 2.76 bits per heavy atom. The summed E-state index contributed by atoms with van der Waals surface area (Å²) < 4.78 is 9.12. The number of aromatic nitrogens is 1. The van der Waals surface area contributed by atoms with E-state index in [-0.39, 0.29) is 6.10 Å². The van der Waals surface area contributed by atoms with Crippen LogP contribution in [0.25, 0.3) is 10.9 Å². The first kappa shape index (κ1) is 12.7. The number of nitrogens with zero attached hydrogens (tertiary/aromatic N) is 1. The van der Waals surface area contributed by atoms with E-state index < -0.39 is 0 Å². The Morgan fingerprint density at radius 1 is 1.35 bits per heavy atom. The summed E-state index contributed by atoms with van der Waals surface area (Å²) in [5, 5.41) is 1.27. The second-order valence-corrected chi connectivity index (χ2v) is 5.29. The van der Waals surface area contributed by atoms with Gasteiger partial charge in [-0.3, -0.25) is 0 Å². The molecule has 0 radical (unpaired) electrons. The molecule has 92 valence electrons. The zero-order valence-electron chi connectivity index (χ0n) is 10.5. The third-order valence-corrected chi connectivity index (χ3v) is 3.51. The minimum atomic E-state index is 0.262. The number of hydrogen-bond donors (Lipinski definition) is 0. The summed E-state index contributed by atoms with van der Waals surface area (Å²) >= 11 is 3.63. The van der Waals surface area contributed by atoms with Gasteiger partial charge in [0.25, 0.3) is 0 Å². The smallest absolute Gasteiger partial charge is 0.0741 e. The molecule has 17 heavy (non-hydrogen) atoms. The first-order valence-corrected chi connectivity index (χ1v) is 6.80. The van der Waals surface area contributed by atoms with Gasteiger partial charge in [-0.25, -0.2) is 0 Å². The summed E-state index contributed by atoms with van der Waals surface area (Å²) in [4.78, 5) is 0. The highest BCUT2D eigenvalue weighted by Gasteiger charge is 2.10. The van der Waals surface area contributed by atoms with Crippen molar-refractivity contribution in [2.75, 3.05) is 0 Å². The number of fused-ring (bicyclic) bond motifs is 1. The van der Waals surface area contributed by atoms with Crippen molar-refractivity contribution in [1.82, 2.24) is 4.57 Å². The monoisotopic (exact) mass is 295 g/mol. The molecule has 0 bridgehead atoms. The van der Waals surface area contributed by atoms with Gasteiger partial charge in [-0.2, -0.15) is 0 Å². The first-order chi connectivity index (χ1) is 8.13. The van der Waals surface area contributed by atoms with Crippen molar-refractivity contribution in [3.8, 4) is 0 Å². The third-order valence-electron chi connectivity index (χ3n) is 2.85. The van der Waals surface area contributed by atoms with Gasteiger partial charge in [-0.1, -0.05) is 22.0 Å². The van der Waals surface area contributed by atoms with Crippen molar-refractivity contribution >= 4 is 26.8 Å². The molecule has 3 heteroatoms. The Balaban J connectivity index is 2.47. The molecule has 0 fully saturated rings. The molecular weight excluding hydrogens is 278 g/mol. The zero-order valence-corrected chi connectivity index (χ0v) is 12.1. The SMILES string of the molecule is CCn1cc(COC(C)C)c2c(Br)cccc21. The van der Waals surface area contributed by atoms with Crippen molar-refractivity contribution in [3.05, 3.63) is 34.4 Å². The lowest BCUT2D eigenvalue weighted by Gasteiger charge is -2.06. The van der Waals surface area contributed by atoms with Gasteiger partial charge in [0, 0.05) is 33.7 Å². The lowest BCUT2D eigenvalue weighted by Crippen LogP contribution is -2.01. The van der Waals surface area contributed by atoms with Crippen LogP contribution >= 0.6 is 15.9 Å². The standard InChI is InChI=1S/C14H18BrNO/c1-4-16-8-11(9-17-10(2)3)14-12(15)6-5-7-13(14)16/h5-8,10H,4,9H2,1-3H3. The van der Waals surface area contributed by atoms with Crippen LogP contribution in [-0.2, 0) is 17.9 Å². The summed E-state index contributed by atoms with van der Waals surface area (Å²) in [6.45, 7) is 7.94. The Bertz CT molecular complexity index is 516. The molecule has 0 unspecified atom stereocenters. The molecule has 1 heterocycles. The average molecular weight is 296 g/mol. The van der Waals surface area contributed by atoms with Crippen LogP contribution in [0.1, 0.15) is 26.3 Å². The van der Waals surface area contributed by atoms with Crippen LogP contribution in [0.2, 0.25) is 0 Å². The van der Waals surface area contributed by atoms with E-state index in [2.05, 4.69) is 65.7 Å². The van der Waals surface area contributed by atoms with Crippen molar-refractivity contribution in [1.29, 1.82) is 0 Å². The van der Waals surface area contributed by atoms with Gasteiger partial charge >= 0.3 is 0 Å². The van der Waals surface area contributed by atoms with E-state index in [0.717, 1.165) is 11.0 Å². The predicted molar refractivity (Wildman–Crippen MR) is 75.2 cm³/mol. The lowest BCUT2D eigenvalue weighted by atomic mass is 10.2. The van der Waals surface area contributed by atoms with Gasteiger partial charge in [-0.05, 0) is 32.9 Å². The molecule has 0 N–H and O–H groups in total. The Hall–Kier alpha value is -0.800. The summed E-state index contributed by atoms with van der Waals surface area (Å²) in [6.07, 6.45) is 2.45. The molecular formula is C14H18BrNO. The summed E-state index contributed by atoms with van der Waals surface area (Å²) in [5.41, 5.74) is 2.52. The largest absolute Gasteiger partial charge is 0.374 e. The van der Waals surface area contributed by atoms with Gasteiger partial charge in [0.1, 0.15) is 0 Å². The number of hydrogen-bond acceptors (Lipinski definition) is 1. The summed E-state index contributed by atoms with van der Waals surface area (Å²) in [5.74, 6) is 0. The predicted octanol–water partition coefficient (Wildman–Crippen LogP) is 4.35. The van der Waals surface area contributed by atoms with Crippen LogP contribution in [-0.4, -0.2) is 10.7 Å². The van der Waals surface area contributed by atoms with Gasteiger partial charge < -0.3 is 9.30 Å². The number of rotatable bonds is 4. The van der Waals surface area contributed by atoms with E-state index in [9.17, 15) is 0 Å². The molecule has 0 aliphatic rings. The van der Waals surface area contributed by atoms with Gasteiger partial charge in [0.2, 0.25) is 0 Å². The highest BCUT2D eigenvalue weighted by atomic mass is 79.9. The fraction of sp³-hybridized carbons (Fsp3) is 0.429. The minimum absolute atomic E-state index is 0.262. The number of halogens is 1. The molecule has 0 saturated heterocycles. The van der Waals surface area contributed by atoms with E-state index >= 15 is 0 Å². The molecule has 0 saturated carbocycles. The van der Waals surface area contributed by atoms with Crippen molar-refractivity contribution in [3.63, 3.8) is 0 Å². The van der Waals surface area contributed by atoms with Crippen molar-refractivity contribution in [2.45, 2.75) is 40.0 Å². The molecule has 0 amide bonds. The van der Waals surface area contributed by atoms with Gasteiger partial charge in [-0.15, -0.1) is 0 Å². The maximum atomic E-state index is 5.71. The van der Waals surface area contributed by atoms with E-state index in [0.29, 0.717) is 6.61 Å². The average Bonchev–Trinajstić information content (AvgIpc) is 2.66. The Kier molecular flexibility index (Phi) is 3.89. The molecule has 0 atom stereocenters. The molecule has 0 spiro atoms. The fourth-order valence-corrected chi connectivity index (χ4v) is 2.63. The second-order valence-electron chi connectivity index (χ2n) is 4.43. The number of ether oxygens (including phenoxy) is 1. The molecule has 2 aromatic rings. The summed E-state index contributed by atoms with van der Waals surface area (Å²) in [6, 6.07) is 6.31. The topological polar surface area (TPSA) is 14.2 Å². The highest BCUT2D eigenvalue weighted by Crippen LogP contribution is 2.29. The molecule has 2 rings (SSSR count). The number of benzene rings is 1. The highest BCUT2D eigenvalue weighted by molar-refractivity contribution is 9.10. The lowest BCUT2D eigenvalue weighted by molar-refractivity contribution is 0.0663. The van der Waals surface area contributed by atoms with Crippen molar-refractivity contribution in [2.24, 2.45) is 0 Å². The molecule has 0 aliphatic heterocycles. The quantitative estimate of drug-likeness (QED) is 0.818. The molecule has 0 aliphatic carbocycles. The number of aryl methyl sites for hydroxylation is 1. The van der Waals surface area contributed by atoms with Gasteiger partial charge in [0.05, 0.1) is 12.7 Å². The molecule has 1 aromatic carbocycles. The second kappa shape index (κ2) is 5.23.